The van der Waals surface area contributed by atoms with Crippen LogP contribution in [0.2, 0.25) is 5.28 Å². The number of anilines is 1. The lowest BCUT2D eigenvalue weighted by atomic mass is 9.87. The van der Waals surface area contributed by atoms with Gasteiger partial charge in [0.2, 0.25) is 5.28 Å². The van der Waals surface area contributed by atoms with Gasteiger partial charge in [0.25, 0.3) is 10.1 Å². The lowest BCUT2D eigenvalue weighted by Gasteiger charge is -2.31. The van der Waals surface area contributed by atoms with Crippen LogP contribution >= 0.6 is 11.6 Å². The molecule has 6 nitrogen and oxygen atoms in total. The monoisotopic (exact) mass is 325 g/mol. The second kappa shape index (κ2) is 6.19. The van der Waals surface area contributed by atoms with E-state index in [2.05, 4.69) is 15.3 Å². The summed E-state index contributed by atoms with van der Waals surface area (Å²) in [5, 5.41) is 2.69. The summed E-state index contributed by atoms with van der Waals surface area (Å²) in [6.45, 7) is 5.43. The van der Waals surface area contributed by atoms with Crippen LogP contribution in [0.3, 0.4) is 0 Å². The second-order valence-electron chi connectivity index (χ2n) is 5.39. The molecule has 1 N–H and O–H groups in total. The Morgan fingerprint density at radius 1 is 1.50 bits per heavy atom. The third-order valence-electron chi connectivity index (χ3n) is 2.52. The van der Waals surface area contributed by atoms with E-state index in [4.69, 9.17) is 15.8 Å². The first-order valence-corrected chi connectivity index (χ1v) is 7.97. The van der Waals surface area contributed by atoms with Gasteiger partial charge in [0, 0.05) is 0 Å². The van der Waals surface area contributed by atoms with Crippen molar-refractivity contribution in [3.63, 3.8) is 0 Å². The van der Waals surface area contributed by atoms with E-state index in [0.717, 1.165) is 12.5 Å². The van der Waals surface area contributed by atoms with Crippen LogP contribution in [0.25, 0.3) is 0 Å². The highest BCUT2D eigenvalue weighted by Gasteiger charge is 2.27. The van der Waals surface area contributed by atoms with Crippen molar-refractivity contribution < 1.29 is 17.0 Å². The van der Waals surface area contributed by atoms with E-state index in [1.807, 2.05) is 20.8 Å². The Bertz CT molecular complexity index is 575. The summed E-state index contributed by atoms with van der Waals surface area (Å²) in [5.41, 5.74) is -0.394. The minimum atomic E-state index is -3.58. The molecule has 0 amide bonds. The van der Waals surface area contributed by atoms with Gasteiger partial charge in [0.05, 0.1) is 25.1 Å². The van der Waals surface area contributed by atoms with Crippen LogP contribution in [-0.2, 0) is 14.3 Å². The predicted molar refractivity (Wildman–Crippen MR) is 74.7 cm³/mol. The first-order chi connectivity index (χ1) is 8.99. The molecule has 1 aromatic heterocycles. The van der Waals surface area contributed by atoms with Gasteiger partial charge in [0.1, 0.15) is 0 Å². The maximum absolute atomic E-state index is 13.6. The van der Waals surface area contributed by atoms with Crippen LogP contribution < -0.4 is 5.32 Å². The molecule has 0 saturated heterocycles. The molecule has 1 heterocycles. The third kappa shape index (κ3) is 5.56. The molecule has 1 aromatic rings. The Labute approximate surface area is 122 Å². The fraction of sp³-hybridized carbons (Fsp3) is 0.636. The lowest BCUT2D eigenvalue weighted by molar-refractivity contribution is 0.224. The third-order valence-corrected chi connectivity index (χ3v) is 3.27. The number of rotatable bonds is 5. The molecule has 1 atom stereocenters. The average Bonchev–Trinajstić information content (AvgIpc) is 2.25. The molecule has 0 spiro atoms. The number of nitrogens with zero attached hydrogens (tertiary/aromatic N) is 2. The van der Waals surface area contributed by atoms with E-state index in [1.165, 1.54) is 0 Å². The highest BCUT2D eigenvalue weighted by Crippen LogP contribution is 2.24. The fourth-order valence-electron chi connectivity index (χ4n) is 1.31. The van der Waals surface area contributed by atoms with Crippen LogP contribution in [0, 0.1) is 11.2 Å². The molecule has 0 aromatic carbocycles. The van der Waals surface area contributed by atoms with Gasteiger partial charge in [-0.25, -0.2) is 9.37 Å². The molecule has 20 heavy (non-hydrogen) atoms. The minimum Gasteiger partial charge on any atom is -0.362 e. The van der Waals surface area contributed by atoms with Crippen molar-refractivity contribution in [2.24, 2.45) is 5.41 Å². The molecule has 1 rings (SSSR count). The molecule has 9 heteroatoms. The van der Waals surface area contributed by atoms with Crippen molar-refractivity contribution in [3.8, 4) is 0 Å². The van der Waals surface area contributed by atoms with Crippen LogP contribution in [0.5, 0.6) is 0 Å². The fourth-order valence-corrected chi connectivity index (χ4v) is 1.83. The van der Waals surface area contributed by atoms with E-state index in [-0.39, 0.29) is 17.7 Å². The standard InChI is InChI=1S/C11H17ClFN3O3S/c1-11(2,3)8(6-19-20(4,17)18)15-9-7(13)5-14-10(12)16-9/h5,8H,6H2,1-4H3,(H,14,15,16). The molecular weight excluding hydrogens is 309 g/mol. The summed E-state index contributed by atoms with van der Waals surface area (Å²) in [6, 6.07) is -0.488. The summed E-state index contributed by atoms with van der Waals surface area (Å²) >= 11 is 5.61. The van der Waals surface area contributed by atoms with Crippen molar-refractivity contribution >= 4 is 27.5 Å². The van der Waals surface area contributed by atoms with Gasteiger partial charge in [-0.15, -0.1) is 0 Å². The van der Waals surface area contributed by atoms with Crippen LogP contribution in [0.4, 0.5) is 10.2 Å². The Morgan fingerprint density at radius 3 is 2.60 bits per heavy atom. The summed E-state index contributed by atoms with van der Waals surface area (Å²) < 4.78 is 40.5. The molecule has 0 aliphatic rings. The van der Waals surface area contributed by atoms with Gasteiger partial charge >= 0.3 is 0 Å². The maximum atomic E-state index is 13.6. The van der Waals surface area contributed by atoms with E-state index in [1.54, 1.807) is 0 Å². The minimum absolute atomic E-state index is 0.0953. The van der Waals surface area contributed by atoms with Gasteiger partial charge in [-0.2, -0.15) is 13.4 Å². The lowest BCUT2D eigenvalue weighted by Crippen LogP contribution is -2.39. The topological polar surface area (TPSA) is 81.2 Å². The highest BCUT2D eigenvalue weighted by atomic mass is 35.5. The summed E-state index contributed by atoms with van der Waals surface area (Å²) in [4.78, 5) is 7.24. The molecule has 0 bridgehead atoms. The molecule has 0 radical (unpaired) electrons. The Balaban J connectivity index is 2.93. The maximum Gasteiger partial charge on any atom is 0.264 e. The first kappa shape index (κ1) is 17.1. The zero-order valence-corrected chi connectivity index (χ0v) is 13.2. The smallest absolute Gasteiger partial charge is 0.264 e. The quantitative estimate of drug-likeness (QED) is 0.659. The molecule has 1 unspecified atom stereocenters. The molecule has 114 valence electrons. The number of aromatic nitrogens is 2. The van der Waals surface area contributed by atoms with Crippen LogP contribution in [0.15, 0.2) is 6.20 Å². The van der Waals surface area contributed by atoms with Gasteiger partial charge in [-0.05, 0) is 17.0 Å². The van der Waals surface area contributed by atoms with Crippen molar-refractivity contribution in [1.82, 2.24) is 9.97 Å². The largest absolute Gasteiger partial charge is 0.362 e. The van der Waals surface area contributed by atoms with Gasteiger partial charge in [-0.1, -0.05) is 20.8 Å². The second-order valence-corrected chi connectivity index (χ2v) is 7.37. The molecule has 0 saturated carbocycles. The van der Waals surface area contributed by atoms with Crippen LogP contribution in [0.1, 0.15) is 20.8 Å². The first-order valence-electron chi connectivity index (χ1n) is 5.78. The van der Waals surface area contributed by atoms with E-state index in [9.17, 15) is 12.8 Å². The molecular formula is C11H17ClFN3O3S. The predicted octanol–water partition coefficient (Wildman–Crippen LogP) is 2.07. The van der Waals surface area contributed by atoms with Crippen molar-refractivity contribution in [2.45, 2.75) is 26.8 Å². The van der Waals surface area contributed by atoms with Gasteiger partial charge in [-0.3, -0.25) is 4.18 Å². The van der Waals surface area contributed by atoms with E-state index >= 15 is 0 Å². The van der Waals surface area contributed by atoms with Crippen LogP contribution in [-0.4, -0.2) is 37.3 Å². The zero-order chi connectivity index (χ0) is 15.6. The van der Waals surface area contributed by atoms with Crippen molar-refractivity contribution in [3.05, 3.63) is 17.3 Å². The molecule has 0 aliphatic carbocycles. The Morgan fingerprint density at radius 2 is 2.10 bits per heavy atom. The zero-order valence-electron chi connectivity index (χ0n) is 11.6. The number of halogens is 2. The van der Waals surface area contributed by atoms with Crippen molar-refractivity contribution in [2.75, 3.05) is 18.2 Å². The SMILES string of the molecule is CC(C)(C)C(COS(C)(=O)=O)Nc1nc(Cl)ncc1F. The van der Waals surface area contributed by atoms with Gasteiger partial charge < -0.3 is 5.32 Å². The average molecular weight is 326 g/mol. The molecule has 0 aliphatic heterocycles. The number of hydrogen-bond donors (Lipinski definition) is 1. The molecule has 0 fully saturated rings. The summed E-state index contributed by atoms with van der Waals surface area (Å²) in [6.07, 6.45) is 1.89. The summed E-state index contributed by atoms with van der Waals surface area (Å²) in [7, 11) is -3.58. The van der Waals surface area contributed by atoms with E-state index < -0.39 is 27.4 Å². The Kier molecular flexibility index (Phi) is 5.28. The van der Waals surface area contributed by atoms with E-state index in [0.29, 0.717) is 0 Å². The Hall–Kier alpha value is -0.990. The number of nitrogens with one attached hydrogen (secondary N) is 1. The summed E-state index contributed by atoms with van der Waals surface area (Å²) in [5.74, 6) is -0.773. The highest BCUT2D eigenvalue weighted by molar-refractivity contribution is 7.85. The number of hydrogen-bond acceptors (Lipinski definition) is 6. The normalized spacial score (nSPS) is 14.1. The van der Waals surface area contributed by atoms with Crippen molar-refractivity contribution in [1.29, 1.82) is 0 Å². The van der Waals surface area contributed by atoms with Gasteiger partial charge in [0.15, 0.2) is 11.6 Å².